The molecule has 0 aliphatic carbocycles. The summed E-state index contributed by atoms with van der Waals surface area (Å²) in [5.74, 6) is 0. The Morgan fingerprint density at radius 1 is 0.571 bits per heavy atom. The molecule has 0 aliphatic heterocycles. The van der Waals surface area contributed by atoms with E-state index in [1.807, 2.05) is 0 Å². The summed E-state index contributed by atoms with van der Waals surface area (Å²) in [6.45, 7) is 0. The Morgan fingerprint density at radius 2 is 0.571 bits per heavy atom. The van der Waals surface area contributed by atoms with Crippen molar-refractivity contribution in [2.45, 2.75) is 0 Å². The van der Waals surface area contributed by atoms with Gasteiger partial charge in [0.1, 0.15) is 0 Å². The van der Waals surface area contributed by atoms with Crippen LogP contribution < -0.4 is 0 Å². The van der Waals surface area contributed by atoms with Gasteiger partial charge in [0, 0.05) is 32.7 Å². The molecule has 0 aromatic carbocycles. The maximum Gasteiger partial charge on any atom is 0.466 e. The van der Waals surface area contributed by atoms with Crippen molar-refractivity contribution < 1.29 is 95.8 Å². The van der Waals surface area contributed by atoms with Gasteiger partial charge in [-0.1, -0.05) is 0 Å². The minimum atomic E-state index is -4.64. The summed E-state index contributed by atoms with van der Waals surface area (Å²) >= 11 is 0. The van der Waals surface area contributed by atoms with Crippen molar-refractivity contribution in [3.63, 3.8) is 0 Å². The third-order valence-corrected chi connectivity index (χ3v) is 0. The molecule has 0 rings (SSSR count). The summed E-state index contributed by atoms with van der Waals surface area (Å²) in [7, 11) is -4.64. The van der Waals surface area contributed by atoms with E-state index in [9.17, 15) is 0 Å². The molecule has 0 bridgehead atoms. The maximum absolute atomic E-state index is 8.88. The maximum atomic E-state index is 8.88. The zero-order valence-electron chi connectivity index (χ0n) is 6.77. The second-order valence-corrected chi connectivity index (χ2v) is 1.54. The fourth-order valence-corrected chi connectivity index (χ4v) is 0. The van der Waals surface area contributed by atoms with Gasteiger partial charge in [-0.15, -0.1) is 0 Å². The van der Waals surface area contributed by atoms with Crippen molar-refractivity contribution in [3.8, 4) is 0 Å². The van der Waals surface area contributed by atoms with E-state index in [-0.39, 0.29) is 76.5 Å². The molecular weight excluding hydrogens is 312 g/mol. The molecule has 0 fully saturated rings. The van der Waals surface area contributed by atoms with Crippen molar-refractivity contribution in [2.75, 3.05) is 0 Å². The standard InChI is InChI=1S/H3O4P.8H2O.Y/c1-5(2,3)4;;;;;;;;;/h(H3,1,2,3,4);8*1H2;. The first kappa shape index (κ1) is 120. The van der Waals surface area contributed by atoms with Crippen LogP contribution in [0.25, 0.3) is 0 Å². The van der Waals surface area contributed by atoms with Gasteiger partial charge in [-0.25, -0.2) is 4.57 Å². The van der Waals surface area contributed by atoms with Gasteiger partial charge in [-0.05, 0) is 0 Å². The molecular formula is H19O12PY. The van der Waals surface area contributed by atoms with E-state index in [1.54, 1.807) is 0 Å². The van der Waals surface area contributed by atoms with Gasteiger partial charge in [0.05, 0.1) is 0 Å². The summed E-state index contributed by atoms with van der Waals surface area (Å²) in [6, 6.07) is 0. The molecule has 99 valence electrons. The van der Waals surface area contributed by atoms with Gasteiger partial charge in [-0.3, -0.25) is 0 Å². The van der Waals surface area contributed by atoms with Gasteiger partial charge in [0.25, 0.3) is 0 Å². The largest absolute Gasteiger partial charge is 0.466 e. The predicted molar refractivity (Wildman–Crippen MR) is 43.2 cm³/mol. The molecule has 0 saturated heterocycles. The van der Waals surface area contributed by atoms with Gasteiger partial charge >= 0.3 is 7.82 Å². The van der Waals surface area contributed by atoms with Crippen LogP contribution in [0.4, 0.5) is 0 Å². The third kappa shape index (κ3) is 2280. The smallest absolute Gasteiger partial charge is 0.412 e. The third-order valence-electron chi connectivity index (χ3n) is 0. The topological polar surface area (TPSA) is 330 Å². The first-order valence-corrected chi connectivity index (χ1v) is 2.35. The SMILES string of the molecule is O.O.O.O.O.O.O.O.O=P(O)(O)O.[Y]. The summed E-state index contributed by atoms with van der Waals surface area (Å²) in [6.07, 6.45) is 0. The summed E-state index contributed by atoms with van der Waals surface area (Å²) in [5, 5.41) is 0. The Hall–Kier alpha value is 0.894. The second-order valence-electron chi connectivity index (χ2n) is 0.513. The molecule has 0 unspecified atom stereocenters. The van der Waals surface area contributed by atoms with Crippen LogP contribution in [0, 0.1) is 0 Å². The van der Waals surface area contributed by atoms with Crippen molar-refractivity contribution in [1.29, 1.82) is 0 Å². The van der Waals surface area contributed by atoms with E-state index in [1.165, 1.54) is 0 Å². The molecule has 0 aromatic rings. The number of rotatable bonds is 0. The number of hydrogen-bond acceptors (Lipinski definition) is 1. The summed E-state index contributed by atoms with van der Waals surface area (Å²) in [4.78, 5) is 21.6. The zero-order valence-corrected chi connectivity index (χ0v) is 10.5. The molecule has 0 heterocycles. The Morgan fingerprint density at radius 3 is 0.571 bits per heavy atom. The van der Waals surface area contributed by atoms with Gasteiger partial charge < -0.3 is 58.5 Å². The van der Waals surface area contributed by atoms with Crippen LogP contribution in [0.15, 0.2) is 0 Å². The fourth-order valence-electron chi connectivity index (χ4n) is 0. The number of phosphoric acid groups is 1. The summed E-state index contributed by atoms with van der Waals surface area (Å²) in [5.41, 5.74) is 0. The minimum Gasteiger partial charge on any atom is -0.412 e. The van der Waals surface area contributed by atoms with Crippen LogP contribution in [-0.4, -0.2) is 58.5 Å². The van der Waals surface area contributed by atoms with Crippen LogP contribution in [0.2, 0.25) is 0 Å². The predicted octanol–water partition coefficient (Wildman–Crippen LogP) is -7.53. The Balaban J connectivity index is -0.00000000222. The minimum absolute atomic E-state index is 0. The molecule has 0 atom stereocenters. The number of hydrogen-bond donors (Lipinski definition) is 3. The van der Waals surface area contributed by atoms with E-state index in [0.717, 1.165) is 0 Å². The molecule has 12 nitrogen and oxygen atoms in total. The molecule has 19 N–H and O–H groups in total. The average Bonchev–Trinajstić information content (AvgIpc) is 0.722. The van der Waals surface area contributed by atoms with Gasteiger partial charge in [0.15, 0.2) is 0 Å². The van der Waals surface area contributed by atoms with Crippen molar-refractivity contribution in [1.82, 2.24) is 0 Å². The zero-order chi connectivity index (χ0) is 4.50. The Kier molecular flexibility index (Phi) is 417. The van der Waals surface area contributed by atoms with Crippen LogP contribution in [0.5, 0.6) is 0 Å². The Bertz CT molecular complexity index is 56.5. The van der Waals surface area contributed by atoms with E-state index in [4.69, 9.17) is 19.2 Å². The van der Waals surface area contributed by atoms with E-state index in [2.05, 4.69) is 0 Å². The van der Waals surface area contributed by atoms with Crippen molar-refractivity contribution >= 4 is 7.82 Å². The van der Waals surface area contributed by atoms with Crippen molar-refractivity contribution in [3.05, 3.63) is 0 Å². The average molecular weight is 331 g/mol. The van der Waals surface area contributed by atoms with Gasteiger partial charge in [0.2, 0.25) is 0 Å². The molecule has 0 amide bonds. The van der Waals surface area contributed by atoms with Crippen LogP contribution in [0.3, 0.4) is 0 Å². The van der Waals surface area contributed by atoms with E-state index < -0.39 is 7.82 Å². The molecule has 0 spiro atoms. The molecule has 0 aliphatic rings. The molecule has 1 radical (unpaired) electrons. The van der Waals surface area contributed by atoms with Crippen LogP contribution in [-0.2, 0) is 37.3 Å². The summed E-state index contributed by atoms with van der Waals surface area (Å²) < 4.78 is 8.88. The van der Waals surface area contributed by atoms with Gasteiger partial charge in [-0.2, -0.15) is 0 Å². The Labute approximate surface area is 104 Å². The first-order valence-electron chi connectivity index (χ1n) is 0.783. The second kappa shape index (κ2) is 48.6. The molecule has 0 aromatic heterocycles. The molecule has 14 heteroatoms. The monoisotopic (exact) mass is 331 g/mol. The van der Waals surface area contributed by atoms with Crippen LogP contribution >= 0.6 is 7.82 Å². The van der Waals surface area contributed by atoms with Crippen molar-refractivity contribution in [2.24, 2.45) is 0 Å². The normalized spacial score (nSPS) is 4.21. The fraction of sp³-hybridized carbons (Fsp3) is 0. The van der Waals surface area contributed by atoms with E-state index >= 15 is 0 Å². The van der Waals surface area contributed by atoms with E-state index in [0.29, 0.717) is 0 Å². The first-order chi connectivity index (χ1) is 2.00. The quantitative estimate of drug-likeness (QED) is 0.363. The molecule has 14 heavy (non-hydrogen) atoms. The van der Waals surface area contributed by atoms with Crippen LogP contribution in [0.1, 0.15) is 0 Å². The molecule has 0 saturated carbocycles.